The number of hydrogen-bond acceptors (Lipinski definition) is 3. The zero-order chi connectivity index (χ0) is 19.8. The highest BCUT2D eigenvalue weighted by molar-refractivity contribution is 7.68. The standard InChI is InChI=1S/C24H31O3P/c1-2-3-14-22-23(25)17-19(18-24(22)26)15-16-27-28(20-10-6-4-7-11-20)21-12-8-5-9-13-21/h4-14,19,23-26H,2-3,15-18H2,1H3/t19?,23-,24-/m1/s1. The van der Waals surface area contributed by atoms with Crippen LogP contribution < -0.4 is 10.6 Å². The zero-order valence-electron chi connectivity index (χ0n) is 16.6. The maximum Gasteiger partial charge on any atom is 0.0917 e. The van der Waals surface area contributed by atoms with Crippen molar-refractivity contribution in [3.8, 4) is 0 Å². The summed E-state index contributed by atoms with van der Waals surface area (Å²) in [5.74, 6) is 0.284. The minimum atomic E-state index is -0.853. The van der Waals surface area contributed by atoms with Crippen LogP contribution in [0.3, 0.4) is 0 Å². The van der Waals surface area contributed by atoms with Gasteiger partial charge in [0.1, 0.15) is 0 Å². The highest BCUT2D eigenvalue weighted by Gasteiger charge is 2.30. The number of rotatable bonds is 8. The molecule has 3 nitrogen and oxygen atoms in total. The van der Waals surface area contributed by atoms with E-state index in [1.807, 2.05) is 18.2 Å². The van der Waals surface area contributed by atoms with Crippen molar-refractivity contribution in [1.29, 1.82) is 0 Å². The van der Waals surface area contributed by atoms with Gasteiger partial charge in [-0.15, -0.1) is 0 Å². The van der Waals surface area contributed by atoms with Crippen LogP contribution in [0.2, 0.25) is 0 Å². The molecule has 3 rings (SSSR count). The van der Waals surface area contributed by atoms with Crippen LogP contribution in [-0.4, -0.2) is 29.0 Å². The van der Waals surface area contributed by atoms with Gasteiger partial charge in [0.15, 0.2) is 0 Å². The van der Waals surface area contributed by atoms with Crippen LogP contribution in [0.25, 0.3) is 0 Å². The summed E-state index contributed by atoms with van der Waals surface area (Å²) in [4.78, 5) is 0. The van der Waals surface area contributed by atoms with Crippen molar-refractivity contribution >= 4 is 18.8 Å². The molecule has 1 saturated carbocycles. The van der Waals surface area contributed by atoms with Crippen LogP contribution in [-0.2, 0) is 4.52 Å². The fourth-order valence-corrected chi connectivity index (χ4v) is 5.55. The Labute approximate surface area is 169 Å². The largest absolute Gasteiger partial charge is 0.389 e. The molecule has 0 unspecified atom stereocenters. The van der Waals surface area contributed by atoms with E-state index in [-0.39, 0.29) is 5.92 Å². The molecule has 0 spiro atoms. The third kappa shape index (κ3) is 5.75. The van der Waals surface area contributed by atoms with Gasteiger partial charge >= 0.3 is 0 Å². The quantitative estimate of drug-likeness (QED) is 0.515. The van der Waals surface area contributed by atoms with Gasteiger partial charge in [-0.2, -0.15) is 0 Å². The van der Waals surface area contributed by atoms with Crippen LogP contribution in [0.15, 0.2) is 72.3 Å². The van der Waals surface area contributed by atoms with Gasteiger partial charge in [0.05, 0.1) is 27.0 Å². The molecule has 2 aromatic rings. The summed E-state index contributed by atoms with van der Waals surface area (Å²) in [6.07, 6.45) is 5.20. The molecule has 1 fully saturated rings. The van der Waals surface area contributed by atoms with Crippen LogP contribution in [0, 0.1) is 5.92 Å². The molecule has 150 valence electrons. The zero-order valence-corrected chi connectivity index (χ0v) is 17.5. The Morgan fingerprint density at radius 3 is 1.96 bits per heavy atom. The van der Waals surface area contributed by atoms with Gasteiger partial charge in [-0.25, -0.2) is 0 Å². The Bertz CT molecular complexity index is 679. The summed E-state index contributed by atoms with van der Waals surface area (Å²) in [6.45, 7) is 2.74. The minimum Gasteiger partial charge on any atom is -0.389 e. The Kier molecular flexibility index (Phi) is 8.24. The predicted molar refractivity (Wildman–Crippen MR) is 117 cm³/mol. The first kappa shape index (κ1) is 21.2. The highest BCUT2D eigenvalue weighted by Crippen LogP contribution is 2.37. The smallest absolute Gasteiger partial charge is 0.0917 e. The average Bonchev–Trinajstić information content (AvgIpc) is 2.72. The van der Waals surface area contributed by atoms with Crippen molar-refractivity contribution in [2.75, 3.05) is 6.61 Å². The van der Waals surface area contributed by atoms with E-state index in [4.69, 9.17) is 4.52 Å². The van der Waals surface area contributed by atoms with Gasteiger partial charge < -0.3 is 14.7 Å². The van der Waals surface area contributed by atoms with Crippen molar-refractivity contribution < 1.29 is 14.7 Å². The van der Waals surface area contributed by atoms with E-state index in [0.29, 0.717) is 19.4 Å². The SMILES string of the molecule is CCCC=C1[C@H](O)CC(CCOP(c2ccccc2)c2ccccc2)C[C@H]1O. The first-order valence-electron chi connectivity index (χ1n) is 10.3. The average molecular weight is 398 g/mol. The lowest BCUT2D eigenvalue weighted by Gasteiger charge is -2.33. The molecule has 1 aliphatic carbocycles. The second kappa shape index (κ2) is 10.9. The second-order valence-corrected chi connectivity index (χ2v) is 9.33. The van der Waals surface area contributed by atoms with Crippen molar-refractivity contribution in [2.45, 2.75) is 51.2 Å². The summed E-state index contributed by atoms with van der Waals surface area (Å²) in [6, 6.07) is 20.7. The molecule has 28 heavy (non-hydrogen) atoms. The van der Waals surface area contributed by atoms with Gasteiger partial charge in [0, 0.05) is 10.6 Å². The molecule has 0 bridgehead atoms. The molecule has 0 saturated heterocycles. The molecule has 2 aromatic carbocycles. The lowest BCUT2D eigenvalue weighted by molar-refractivity contribution is 0.0632. The Hall–Kier alpha value is -1.51. The topological polar surface area (TPSA) is 49.7 Å². The first-order valence-corrected chi connectivity index (χ1v) is 11.5. The molecule has 0 aliphatic heterocycles. The molecule has 2 atom stereocenters. The minimum absolute atomic E-state index is 0.284. The van der Waals surface area contributed by atoms with Gasteiger partial charge in [0.25, 0.3) is 0 Å². The van der Waals surface area contributed by atoms with Crippen molar-refractivity contribution in [3.63, 3.8) is 0 Å². The fraction of sp³-hybridized carbons (Fsp3) is 0.417. The molecular weight excluding hydrogens is 367 g/mol. The molecule has 2 N–H and O–H groups in total. The number of aliphatic hydroxyl groups is 2. The monoisotopic (exact) mass is 398 g/mol. The van der Waals surface area contributed by atoms with Crippen molar-refractivity contribution in [1.82, 2.24) is 0 Å². The van der Waals surface area contributed by atoms with Crippen LogP contribution >= 0.6 is 8.15 Å². The Morgan fingerprint density at radius 1 is 0.929 bits per heavy atom. The Morgan fingerprint density at radius 2 is 1.46 bits per heavy atom. The van der Waals surface area contributed by atoms with Gasteiger partial charge in [-0.1, -0.05) is 80.1 Å². The molecular formula is C24H31O3P. The van der Waals surface area contributed by atoms with Crippen molar-refractivity contribution in [3.05, 3.63) is 72.3 Å². The van der Waals surface area contributed by atoms with E-state index in [2.05, 4.69) is 55.5 Å². The number of allylic oxidation sites excluding steroid dienone is 1. The fourth-order valence-electron chi connectivity index (χ4n) is 3.78. The third-order valence-electron chi connectivity index (χ3n) is 5.28. The number of aliphatic hydroxyl groups excluding tert-OH is 2. The lowest BCUT2D eigenvalue weighted by Crippen LogP contribution is -2.33. The Balaban J connectivity index is 1.59. The summed E-state index contributed by atoms with van der Waals surface area (Å²) < 4.78 is 6.37. The summed E-state index contributed by atoms with van der Waals surface area (Å²) in [7, 11) is -0.853. The number of benzene rings is 2. The van der Waals surface area contributed by atoms with E-state index < -0.39 is 20.4 Å². The lowest BCUT2D eigenvalue weighted by atomic mass is 9.80. The van der Waals surface area contributed by atoms with Gasteiger partial charge in [-0.3, -0.25) is 0 Å². The molecule has 1 aliphatic rings. The van der Waals surface area contributed by atoms with Crippen LogP contribution in [0.1, 0.15) is 39.0 Å². The van der Waals surface area contributed by atoms with Gasteiger partial charge in [-0.05, 0) is 37.2 Å². The van der Waals surface area contributed by atoms with E-state index in [1.54, 1.807) is 0 Å². The predicted octanol–water partition coefficient (Wildman–Crippen LogP) is 4.30. The molecule has 0 aromatic heterocycles. The van der Waals surface area contributed by atoms with Crippen LogP contribution in [0.5, 0.6) is 0 Å². The molecule has 0 amide bonds. The van der Waals surface area contributed by atoms with E-state index in [0.717, 1.165) is 24.8 Å². The van der Waals surface area contributed by atoms with E-state index in [1.165, 1.54) is 10.6 Å². The summed E-state index contributed by atoms with van der Waals surface area (Å²) >= 11 is 0. The summed E-state index contributed by atoms with van der Waals surface area (Å²) in [5.41, 5.74) is 0.815. The third-order valence-corrected chi connectivity index (χ3v) is 7.25. The van der Waals surface area contributed by atoms with Gasteiger partial charge in [0.2, 0.25) is 0 Å². The van der Waals surface area contributed by atoms with E-state index in [9.17, 15) is 10.2 Å². The van der Waals surface area contributed by atoms with Crippen molar-refractivity contribution in [2.24, 2.45) is 5.92 Å². The normalized spacial score (nSPS) is 22.4. The van der Waals surface area contributed by atoms with Crippen LogP contribution in [0.4, 0.5) is 0 Å². The van der Waals surface area contributed by atoms with E-state index >= 15 is 0 Å². The summed E-state index contributed by atoms with van der Waals surface area (Å²) in [5, 5.41) is 23.3. The number of hydrogen-bond donors (Lipinski definition) is 2. The maximum absolute atomic E-state index is 10.4. The first-order chi connectivity index (χ1) is 13.7. The molecule has 0 radical (unpaired) electrons. The second-order valence-electron chi connectivity index (χ2n) is 7.45. The highest BCUT2D eigenvalue weighted by atomic mass is 31.1. The maximum atomic E-state index is 10.4. The molecule has 0 heterocycles. The number of unbranched alkanes of at least 4 members (excludes halogenated alkanes) is 1. The molecule has 4 heteroatoms.